The molecule has 294 valence electrons. The normalized spacial score (nSPS) is 24.7. The monoisotopic (exact) mass is 777 g/mol. The molecule has 4 bridgehead atoms. The van der Waals surface area contributed by atoms with Crippen LogP contribution in [0.2, 0.25) is 0 Å². The van der Waals surface area contributed by atoms with E-state index in [0.717, 1.165) is 56.9 Å². The molecule has 0 radical (unpaired) electrons. The van der Waals surface area contributed by atoms with Crippen molar-refractivity contribution in [3.63, 3.8) is 0 Å². The first-order valence-electron chi connectivity index (χ1n) is 22.5. The van der Waals surface area contributed by atoms with Gasteiger partial charge in [-0.1, -0.05) is 125 Å². The summed E-state index contributed by atoms with van der Waals surface area (Å²) in [4.78, 5) is 2.53. The third-order valence-electron chi connectivity index (χ3n) is 16.5. The number of rotatable bonds is 4. The minimum absolute atomic E-state index is 0.0971. The molecule has 1 spiro atoms. The minimum Gasteiger partial charge on any atom is -0.456 e. The first-order valence-corrected chi connectivity index (χ1v) is 22.5. The third kappa shape index (κ3) is 4.60. The molecule has 14 rings (SSSR count). The van der Waals surface area contributed by atoms with Gasteiger partial charge in [-0.25, -0.2) is 0 Å². The summed E-state index contributed by atoms with van der Waals surface area (Å²) < 4.78 is 6.32. The second-order valence-electron chi connectivity index (χ2n) is 20.2. The summed E-state index contributed by atoms with van der Waals surface area (Å²) in [6, 6.07) is 57.7. The number of furan rings is 1. The van der Waals surface area contributed by atoms with Gasteiger partial charge in [0.15, 0.2) is 0 Å². The Bertz CT molecular complexity index is 3040. The molecule has 4 fully saturated rings. The van der Waals surface area contributed by atoms with E-state index in [-0.39, 0.29) is 16.2 Å². The van der Waals surface area contributed by atoms with Crippen molar-refractivity contribution in [2.45, 2.75) is 76.0 Å². The Balaban J connectivity index is 0.980. The highest BCUT2D eigenvalue weighted by molar-refractivity contribution is 6.06. The summed E-state index contributed by atoms with van der Waals surface area (Å²) in [5, 5.41) is 2.32. The van der Waals surface area contributed by atoms with Crippen molar-refractivity contribution in [3.8, 4) is 22.3 Å². The van der Waals surface area contributed by atoms with Crippen LogP contribution in [0.1, 0.15) is 93.2 Å². The molecule has 4 saturated carbocycles. The molecule has 2 heteroatoms. The Morgan fingerprint density at radius 3 is 1.73 bits per heavy atom. The molecule has 60 heavy (non-hydrogen) atoms. The Labute approximate surface area is 353 Å². The first-order chi connectivity index (χ1) is 29.2. The summed E-state index contributed by atoms with van der Waals surface area (Å²) in [7, 11) is 0. The van der Waals surface area contributed by atoms with E-state index < -0.39 is 0 Å². The highest BCUT2D eigenvalue weighted by Crippen LogP contribution is 2.69. The van der Waals surface area contributed by atoms with Crippen LogP contribution in [0.4, 0.5) is 17.1 Å². The van der Waals surface area contributed by atoms with Gasteiger partial charge < -0.3 is 9.32 Å². The third-order valence-corrected chi connectivity index (χ3v) is 16.5. The van der Waals surface area contributed by atoms with E-state index in [1.807, 2.05) is 6.07 Å². The molecule has 0 aliphatic heterocycles. The highest BCUT2D eigenvalue weighted by Gasteiger charge is 2.62. The summed E-state index contributed by atoms with van der Waals surface area (Å²) >= 11 is 0. The van der Waals surface area contributed by atoms with Gasteiger partial charge in [-0.05, 0) is 166 Å². The highest BCUT2D eigenvalue weighted by atomic mass is 16.3. The molecule has 0 unspecified atom stereocenters. The predicted octanol–water partition coefficient (Wildman–Crippen LogP) is 15.4. The number of hydrogen-bond donors (Lipinski definition) is 0. The number of para-hydroxylation sites is 1. The minimum atomic E-state index is -0.131. The zero-order valence-corrected chi connectivity index (χ0v) is 35.1. The van der Waals surface area contributed by atoms with E-state index in [1.165, 1.54) is 82.4 Å². The summed E-state index contributed by atoms with van der Waals surface area (Å²) in [5.74, 6) is 3.27. The van der Waals surface area contributed by atoms with Gasteiger partial charge >= 0.3 is 0 Å². The van der Waals surface area contributed by atoms with Crippen LogP contribution in [-0.2, 0) is 16.2 Å². The maximum absolute atomic E-state index is 6.32. The van der Waals surface area contributed by atoms with E-state index in [0.29, 0.717) is 0 Å². The Morgan fingerprint density at radius 1 is 0.417 bits per heavy atom. The molecule has 2 nitrogen and oxygen atoms in total. The molecule has 0 N–H and O–H groups in total. The standard InChI is InChI=1S/C58H51NO/c1-56(2)48-13-7-5-11-44(48)45-25-22-42(33-52(45)56)59(41-20-17-37(18-21-41)38-19-24-47-46-12-6-10-16-54(46)60-55(47)32-38)43-23-26-51-53(34-43)57(3,4)49-14-8-9-15-50(49)58(51)39-28-35-27-36(30-39)31-40(58)29-35/h5-26,32-36,39-40H,27-31H2,1-4H3/t35-,36+,39-,40-,58?. The molecule has 1 aromatic heterocycles. The van der Waals surface area contributed by atoms with E-state index in [2.05, 4.69) is 178 Å². The van der Waals surface area contributed by atoms with Gasteiger partial charge in [0, 0.05) is 44.1 Å². The molecule has 7 aromatic carbocycles. The van der Waals surface area contributed by atoms with E-state index in [4.69, 9.17) is 4.42 Å². The van der Waals surface area contributed by atoms with Crippen LogP contribution in [0.25, 0.3) is 44.2 Å². The molecule has 0 amide bonds. The fourth-order valence-corrected chi connectivity index (χ4v) is 14.0. The van der Waals surface area contributed by atoms with E-state index >= 15 is 0 Å². The zero-order chi connectivity index (χ0) is 40.1. The average Bonchev–Trinajstić information content (AvgIpc) is 3.75. The number of hydrogen-bond acceptors (Lipinski definition) is 2. The fraction of sp³-hybridized carbons (Fsp3) is 0.276. The number of benzene rings is 7. The molecule has 6 aliphatic carbocycles. The predicted molar refractivity (Wildman–Crippen MR) is 248 cm³/mol. The molecule has 0 saturated heterocycles. The maximum Gasteiger partial charge on any atom is 0.136 e. The van der Waals surface area contributed by atoms with Crippen molar-refractivity contribution in [1.82, 2.24) is 0 Å². The van der Waals surface area contributed by atoms with Crippen molar-refractivity contribution in [1.29, 1.82) is 0 Å². The second-order valence-corrected chi connectivity index (χ2v) is 20.2. The van der Waals surface area contributed by atoms with Crippen molar-refractivity contribution < 1.29 is 4.42 Å². The van der Waals surface area contributed by atoms with Gasteiger partial charge in [-0.15, -0.1) is 0 Å². The van der Waals surface area contributed by atoms with Crippen molar-refractivity contribution >= 4 is 39.0 Å². The van der Waals surface area contributed by atoms with Crippen LogP contribution in [-0.4, -0.2) is 0 Å². The lowest BCUT2D eigenvalue weighted by atomic mass is 9.39. The van der Waals surface area contributed by atoms with E-state index in [1.54, 1.807) is 11.1 Å². The lowest BCUT2D eigenvalue weighted by molar-refractivity contribution is -0.0443. The van der Waals surface area contributed by atoms with Gasteiger partial charge in [-0.3, -0.25) is 0 Å². The van der Waals surface area contributed by atoms with E-state index in [9.17, 15) is 0 Å². The largest absolute Gasteiger partial charge is 0.456 e. The average molecular weight is 778 g/mol. The molecular formula is C58H51NO. The van der Waals surface area contributed by atoms with Gasteiger partial charge in [0.25, 0.3) is 0 Å². The lowest BCUT2D eigenvalue weighted by Gasteiger charge is -2.64. The van der Waals surface area contributed by atoms with Crippen LogP contribution in [0.15, 0.2) is 156 Å². The number of nitrogens with zero attached hydrogens (tertiary/aromatic N) is 1. The summed E-state index contributed by atoms with van der Waals surface area (Å²) in [6.45, 7) is 9.76. The topological polar surface area (TPSA) is 16.4 Å². The zero-order valence-electron chi connectivity index (χ0n) is 35.1. The van der Waals surface area contributed by atoms with Gasteiger partial charge in [0.1, 0.15) is 11.2 Å². The number of fused-ring (bicyclic) bond motifs is 8. The van der Waals surface area contributed by atoms with Crippen LogP contribution in [0.3, 0.4) is 0 Å². The Morgan fingerprint density at radius 2 is 0.967 bits per heavy atom. The molecule has 8 aromatic rings. The van der Waals surface area contributed by atoms with Gasteiger partial charge in [-0.2, -0.15) is 0 Å². The van der Waals surface area contributed by atoms with Crippen molar-refractivity contribution in [2.24, 2.45) is 23.7 Å². The van der Waals surface area contributed by atoms with Crippen LogP contribution < -0.4 is 4.90 Å². The quantitative estimate of drug-likeness (QED) is 0.177. The molecule has 6 aliphatic rings. The first kappa shape index (κ1) is 34.9. The molecular weight excluding hydrogens is 727 g/mol. The Hall–Kier alpha value is -5.86. The van der Waals surface area contributed by atoms with Crippen molar-refractivity contribution in [3.05, 3.63) is 185 Å². The summed E-state index contributed by atoms with van der Waals surface area (Å²) in [5.41, 5.74) is 19.5. The van der Waals surface area contributed by atoms with Crippen LogP contribution in [0, 0.1) is 23.7 Å². The summed E-state index contributed by atoms with van der Waals surface area (Å²) in [6.07, 6.45) is 7.01. The van der Waals surface area contributed by atoms with Crippen LogP contribution in [0.5, 0.6) is 0 Å². The molecule has 1 heterocycles. The smallest absolute Gasteiger partial charge is 0.136 e. The fourth-order valence-electron chi connectivity index (χ4n) is 14.0. The Kier molecular flexibility index (Phi) is 7.06. The number of anilines is 3. The van der Waals surface area contributed by atoms with Crippen LogP contribution >= 0.6 is 0 Å². The van der Waals surface area contributed by atoms with Gasteiger partial charge in [0.2, 0.25) is 0 Å². The van der Waals surface area contributed by atoms with Crippen molar-refractivity contribution in [2.75, 3.05) is 4.90 Å². The lowest BCUT2D eigenvalue weighted by Crippen LogP contribution is -2.58. The second kappa shape index (κ2) is 12.1. The maximum atomic E-state index is 6.32. The van der Waals surface area contributed by atoms with Gasteiger partial charge in [0.05, 0.1) is 0 Å². The molecule has 0 atom stereocenters. The SMILES string of the molecule is CC1(C)c2ccccc2-c2ccc(N(c3ccc(-c4ccc5c(c4)oc4ccccc45)cc3)c3ccc4c(c3)C(C)(C)c3ccccc3C43[C@H]4C[C@@H]5C[C@@H](C[C@@H]3C5)C4)cc21.